The Bertz CT molecular complexity index is 511. The van der Waals surface area contributed by atoms with E-state index in [1.165, 1.54) is 21.8 Å². The number of benzene rings is 2. The van der Waals surface area contributed by atoms with Crippen LogP contribution in [0.3, 0.4) is 0 Å². The molecule has 0 saturated carbocycles. The summed E-state index contributed by atoms with van der Waals surface area (Å²) in [4.78, 5) is 2.76. The summed E-state index contributed by atoms with van der Waals surface area (Å²) >= 11 is 9.82. The fourth-order valence-electron chi connectivity index (χ4n) is 2.07. The van der Waals surface area contributed by atoms with Crippen LogP contribution in [0.4, 0.5) is 0 Å². The molecule has 0 saturated heterocycles. The normalized spacial score (nSPS) is 17.7. The summed E-state index contributed by atoms with van der Waals surface area (Å²) in [6.07, 6.45) is 1.20. The lowest BCUT2D eigenvalue weighted by atomic mass is 10.1. The zero-order valence-corrected chi connectivity index (χ0v) is 12.2. The van der Waals surface area contributed by atoms with Crippen molar-refractivity contribution in [1.29, 1.82) is 0 Å². The molecule has 1 aliphatic heterocycles. The lowest BCUT2D eigenvalue weighted by Crippen LogP contribution is -2.03. The van der Waals surface area contributed by atoms with Crippen molar-refractivity contribution in [3.05, 3.63) is 59.1 Å². The average Bonchev–Trinajstić information content (AvgIpc) is 2.81. The van der Waals surface area contributed by atoms with E-state index in [1.54, 1.807) is 0 Å². The molecule has 3 heteroatoms. The Labute approximate surface area is 121 Å². The van der Waals surface area contributed by atoms with Crippen LogP contribution in [-0.4, -0.2) is 11.0 Å². The van der Waals surface area contributed by atoms with Crippen LogP contribution in [0.25, 0.3) is 0 Å². The van der Waals surface area contributed by atoms with Gasteiger partial charge in [-0.25, -0.2) is 0 Å². The van der Waals surface area contributed by atoms with Gasteiger partial charge in [-0.1, -0.05) is 29.8 Å². The SMILES string of the molecule is Clc1ccc(SCC2Cc3ccccc3S2)cc1. The molecule has 2 aromatic carbocycles. The third-order valence-corrected chi connectivity index (χ3v) is 5.92. The van der Waals surface area contributed by atoms with Crippen molar-refractivity contribution in [2.24, 2.45) is 0 Å². The van der Waals surface area contributed by atoms with Gasteiger partial charge in [0.25, 0.3) is 0 Å². The first kappa shape index (κ1) is 12.5. The molecule has 2 aromatic rings. The first-order chi connectivity index (χ1) is 8.81. The molecule has 1 unspecified atom stereocenters. The minimum absolute atomic E-state index is 0.697. The summed E-state index contributed by atoms with van der Waals surface area (Å²) in [6.45, 7) is 0. The second kappa shape index (κ2) is 5.60. The fraction of sp³-hybridized carbons (Fsp3) is 0.200. The summed E-state index contributed by atoms with van der Waals surface area (Å²) in [7, 11) is 0. The highest BCUT2D eigenvalue weighted by Crippen LogP contribution is 2.39. The summed E-state index contributed by atoms with van der Waals surface area (Å²) in [5.74, 6) is 1.15. The monoisotopic (exact) mass is 292 g/mol. The van der Waals surface area contributed by atoms with E-state index in [2.05, 4.69) is 36.4 Å². The van der Waals surface area contributed by atoms with Crippen LogP contribution in [0.5, 0.6) is 0 Å². The van der Waals surface area contributed by atoms with Gasteiger partial charge >= 0.3 is 0 Å². The van der Waals surface area contributed by atoms with E-state index < -0.39 is 0 Å². The van der Waals surface area contributed by atoms with Crippen molar-refractivity contribution in [1.82, 2.24) is 0 Å². The molecule has 0 nitrogen and oxygen atoms in total. The number of rotatable bonds is 3. The number of halogens is 1. The molecule has 0 amide bonds. The average molecular weight is 293 g/mol. The maximum Gasteiger partial charge on any atom is 0.0406 e. The molecule has 0 aliphatic carbocycles. The Hall–Kier alpha value is -0.570. The molecule has 1 heterocycles. The highest BCUT2D eigenvalue weighted by Gasteiger charge is 2.21. The first-order valence-corrected chi connectivity index (χ1v) is 8.18. The molecule has 92 valence electrons. The molecule has 0 N–H and O–H groups in total. The zero-order chi connectivity index (χ0) is 12.4. The molecule has 3 rings (SSSR count). The maximum absolute atomic E-state index is 5.89. The van der Waals surface area contributed by atoms with E-state index in [0.717, 1.165) is 10.8 Å². The fourth-order valence-corrected chi connectivity index (χ4v) is 4.58. The van der Waals surface area contributed by atoms with Gasteiger partial charge in [-0.2, -0.15) is 0 Å². The van der Waals surface area contributed by atoms with E-state index in [-0.39, 0.29) is 0 Å². The van der Waals surface area contributed by atoms with E-state index in [1.807, 2.05) is 35.7 Å². The highest BCUT2D eigenvalue weighted by atomic mass is 35.5. The zero-order valence-electron chi connectivity index (χ0n) is 9.80. The van der Waals surface area contributed by atoms with E-state index >= 15 is 0 Å². The summed E-state index contributed by atoms with van der Waals surface area (Å²) in [5.41, 5.74) is 1.50. The smallest absolute Gasteiger partial charge is 0.0406 e. The Kier molecular flexibility index (Phi) is 3.88. The van der Waals surface area contributed by atoms with Crippen molar-refractivity contribution in [2.45, 2.75) is 21.5 Å². The van der Waals surface area contributed by atoms with Crippen LogP contribution in [0.15, 0.2) is 58.3 Å². The molecule has 0 radical (unpaired) electrons. The standard InChI is InChI=1S/C15H13ClS2/c16-12-5-7-13(8-6-12)17-10-14-9-11-3-1-2-4-15(11)18-14/h1-8,14H,9-10H2. The van der Waals surface area contributed by atoms with E-state index in [0.29, 0.717) is 5.25 Å². The van der Waals surface area contributed by atoms with Gasteiger partial charge in [0.05, 0.1) is 0 Å². The lowest BCUT2D eigenvalue weighted by molar-refractivity contribution is 0.970. The van der Waals surface area contributed by atoms with Crippen molar-refractivity contribution < 1.29 is 0 Å². The van der Waals surface area contributed by atoms with Gasteiger partial charge in [-0.15, -0.1) is 23.5 Å². The number of fused-ring (bicyclic) bond motifs is 1. The van der Waals surface area contributed by atoms with Crippen LogP contribution in [0, 0.1) is 0 Å². The summed E-state index contributed by atoms with van der Waals surface area (Å²) in [5, 5.41) is 1.50. The van der Waals surface area contributed by atoms with Crippen molar-refractivity contribution in [3.8, 4) is 0 Å². The summed E-state index contributed by atoms with van der Waals surface area (Å²) < 4.78 is 0. The third-order valence-electron chi connectivity index (χ3n) is 2.96. The molecule has 1 atom stereocenters. The highest BCUT2D eigenvalue weighted by molar-refractivity contribution is 8.03. The van der Waals surface area contributed by atoms with Gasteiger partial charge in [0.1, 0.15) is 0 Å². The van der Waals surface area contributed by atoms with Crippen LogP contribution >= 0.6 is 35.1 Å². The van der Waals surface area contributed by atoms with Crippen LogP contribution in [0.2, 0.25) is 5.02 Å². The van der Waals surface area contributed by atoms with Crippen LogP contribution < -0.4 is 0 Å². The van der Waals surface area contributed by atoms with Gasteiger partial charge < -0.3 is 0 Å². The minimum Gasteiger partial charge on any atom is -0.125 e. The third kappa shape index (κ3) is 2.87. The van der Waals surface area contributed by atoms with E-state index in [4.69, 9.17) is 11.6 Å². The molecule has 0 aromatic heterocycles. The Balaban J connectivity index is 1.58. The van der Waals surface area contributed by atoms with E-state index in [9.17, 15) is 0 Å². The molecular formula is C15H13ClS2. The number of hydrogen-bond acceptors (Lipinski definition) is 2. The summed E-state index contributed by atoms with van der Waals surface area (Å²) in [6, 6.07) is 16.8. The van der Waals surface area contributed by atoms with Gasteiger partial charge in [-0.05, 0) is 42.3 Å². The Morgan fingerprint density at radius 2 is 1.89 bits per heavy atom. The predicted octanol–water partition coefficient (Wildman–Crippen LogP) is 5.15. The second-order valence-electron chi connectivity index (χ2n) is 4.32. The maximum atomic E-state index is 5.89. The second-order valence-corrected chi connectivity index (χ2v) is 7.19. The molecule has 18 heavy (non-hydrogen) atoms. The largest absolute Gasteiger partial charge is 0.125 e. The van der Waals surface area contributed by atoms with Gasteiger partial charge in [0, 0.05) is 25.8 Å². The van der Waals surface area contributed by atoms with Crippen molar-refractivity contribution in [3.63, 3.8) is 0 Å². The molecule has 0 fully saturated rings. The quantitative estimate of drug-likeness (QED) is 0.718. The molecule has 0 bridgehead atoms. The van der Waals surface area contributed by atoms with Crippen LogP contribution in [-0.2, 0) is 6.42 Å². The topological polar surface area (TPSA) is 0 Å². The predicted molar refractivity (Wildman–Crippen MR) is 82.0 cm³/mol. The minimum atomic E-state index is 0.697. The molecule has 1 aliphatic rings. The Morgan fingerprint density at radius 1 is 1.11 bits per heavy atom. The van der Waals surface area contributed by atoms with Gasteiger partial charge in [0.2, 0.25) is 0 Å². The van der Waals surface area contributed by atoms with Crippen LogP contribution in [0.1, 0.15) is 5.56 Å². The van der Waals surface area contributed by atoms with Gasteiger partial charge in [-0.3, -0.25) is 0 Å². The first-order valence-electron chi connectivity index (χ1n) is 5.94. The van der Waals surface area contributed by atoms with Gasteiger partial charge in [0.15, 0.2) is 0 Å². The molecular weight excluding hydrogens is 280 g/mol. The van der Waals surface area contributed by atoms with Crippen molar-refractivity contribution >= 4 is 35.1 Å². The number of thioether (sulfide) groups is 2. The molecule has 0 spiro atoms. The number of hydrogen-bond donors (Lipinski definition) is 0. The Morgan fingerprint density at radius 3 is 2.67 bits per heavy atom. The van der Waals surface area contributed by atoms with Crippen molar-refractivity contribution in [2.75, 3.05) is 5.75 Å². The lowest BCUT2D eigenvalue weighted by Gasteiger charge is -2.07.